The summed E-state index contributed by atoms with van der Waals surface area (Å²) in [7, 11) is -3.54. The number of amides is 2. The molecule has 1 saturated carbocycles. The lowest BCUT2D eigenvalue weighted by Crippen LogP contribution is -2.43. The molecule has 3 aromatic rings. The van der Waals surface area contributed by atoms with Gasteiger partial charge in [0.1, 0.15) is 6.04 Å². The predicted octanol–water partition coefficient (Wildman–Crippen LogP) is 5.40. The van der Waals surface area contributed by atoms with E-state index in [0.717, 1.165) is 42.4 Å². The number of carbonyl (C=O) groups excluding carboxylic acids is 2. The van der Waals surface area contributed by atoms with Gasteiger partial charge in [-0.3, -0.25) is 9.59 Å². The number of nitrogens with zero attached hydrogens (tertiary/aromatic N) is 1. The largest absolute Gasteiger partial charge is 0.354 e. The molecule has 0 radical (unpaired) electrons. The van der Waals surface area contributed by atoms with Gasteiger partial charge in [-0.15, -0.1) is 0 Å². The molecule has 0 spiro atoms. The van der Waals surface area contributed by atoms with Crippen LogP contribution in [0.2, 0.25) is 5.02 Å². The van der Waals surface area contributed by atoms with E-state index in [1.807, 2.05) is 42.5 Å². The zero-order valence-corrected chi connectivity index (χ0v) is 24.3. The lowest BCUT2D eigenvalue weighted by Gasteiger charge is -2.32. The minimum absolute atomic E-state index is 0.0330. The van der Waals surface area contributed by atoms with Gasteiger partial charge in [0.2, 0.25) is 21.8 Å². The number of rotatable bonds is 14. The van der Waals surface area contributed by atoms with Crippen LogP contribution in [0.4, 0.5) is 0 Å². The summed E-state index contributed by atoms with van der Waals surface area (Å²) in [5.41, 5.74) is 2.43. The number of halogens is 1. The van der Waals surface area contributed by atoms with Crippen molar-refractivity contribution in [2.75, 3.05) is 6.54 Å². The van der Waals surface area contributed by atoms with Crippen molar-refractivity contribution in [1.82, 2.24) is 14.9 Å². The van der Waals surface area contributed by atoms with Gasteiger partial charge < -0.3 is 10.2 Å². The second-order valence-corrected chi connectivity index (χ2v) is 12.3. The van der Waals surface area contributed by atoms with Crippen LogP contribution in [0, 0.1) is 0 Å². The van der Waals surface area contributed by atoms with Crippen LogP contribution in [0.1, 0.15) is 61.8 Å². The zero-order chi connectivity index (χ0) is 28.5. The van der Waals surface area contributed by atoms with Crippen molar-refractivity contribution in [3.63, 3.8) is 0 Å². The average molecular weight is 582 g/mol. The van der Waals surface area contributed by atoms with E-state index in [9.17, 15) is 18.0 Å². The molecule has 0 unspecified atom stereocenters. The van der Waals surface area contributed by atoms with E-state index in [1.54, 1.807) is 41.3 Å². The maximum atomic E-state index is 13.8. The zero-order valence-electron chi connectivity index (χ0n) is 22.7. The Labute approximate surface area is 242 Å². The first-order chi connectivity index (χ1) is 19.3. The molecule has 4 rings (SSSR count). The lowest BCUT2D eigenvalue weighted by molar-refractivity contribution is -0.141. The standard InChI is InChI=1S/C31H36ClN3O4S/c1-2-3-21-33-31(37)30(25-7-5-4-6-8-25)35(22-24-9-14-26(32)15-10-24)29(36)20-13-23-11-18-28(19-12-23)40(38,39)34-27-16-17-27/h4-12,14-15,18-19,27,30,34H,2-3,13,16-17,20-22H2,1H3,(H,33,37)/t30-/m0/s1. The third-order valence-electron chi connectivity index (χ3n) is 6.85. The first-order valence-electron chi connectivity index (χ1n) is 13.7. The summed E-state index contributed by atoms with van der Waals surface area (Å²) in [6.07, 6.45) is 4.09. The highest BCUT2D eigenvalue weighted by atomic mass is 35.5. The molecule has 0 bridgehead atoms. The van der Waals surface area contributed by atoms with Gasteiger partial charge in [0.25, 0.3) is 0 Å². The van der Waals surface area contributed by atoms with Crippen LogP contribution >= 0.6 is 11.6 Å². The topological polar surface area (TPSA) is 95.6 Å². The van der Waals surface area contributed by atoms with E-state index in [2.05, 4.69) is 17.0 Å². The maximum Gasteiger partial charge on any atom is 0.247 e. The van der Waals surface area contributed by atoms with Gasteiger partial charge in [-0.1, -0.05) is 79.5 Å². The highest BCUT2D eigenvalue weighted by Crippen LogP contribution is 2.26. The summed E-state index contributed by atoms with van der Waals surface area (Å²) in [5, 5.41) is 3.60. The Bertz CT molecular complexity index is 1380. The Morgan fingerprint density at radius 3 is 2.23 bits per heavy atom. The second-order valence-electron chi connectivity index (χ2n) is 10.1. The normalized spacial score (nSPS) is 13.9. The van der Waals surface area contributed by atoms with Crippen LogP contribution in [0.25, 0.3) is 0 Å². The number of nitrogens with one attached hydrogen (secondary N) is 2. The Balaban J connectivity index is 1.54. The van der Waals surface area contributed by atoms with Crippen LogP contribution in [0.5, 0.6) is 0 Å². The van der Waals surface area contributed by atoms with Crippen LogP contribution in [-0.2, 0) is 32.6 Å². The summed E-state index contributed by atoms with van der Waals surface area (Å²) in [6, 6.07) is 22.4. The summed E-state index contributed by atoms with van der Waals surface area (Å²) in [6.45, 7) is 2.83. The molecule has 2 amide bonds. The molecule has 0 heterocycles. The van der Waals surface area contributed by atoms with Crippen LogP contribution in [-0.4, -0.2) is 37.7 Å². The number of unbranched alkanes of at least 4 members (excludes halogenated alkanes) is 1. The molecule has 0 saturated heterocycles. The van der Waals surface area contributed by atoms with E-state index >= 15 is 0 Å². The molecule has 9 heteroatoms. The van der Waals surface area contributed by atoms with Crippen molar-refractivity contribution in [1.29, 1.82) is 0 Å². The second kappa shape index (κ2) is 13.9. The molecule has 40 heavy (non-hydrogen) atoms. The van der Waals surface area contributed by atoms with E-state index < -0.39 is 16.1 Å². The number of sulfonamides is 1. The molecule has 0 aromatic heterocycles. The number of hydrogen-bond donors (Lipinski definition) is 2. The summed E-state index contributed by atoms with van der Waals surface area (Å²) in [4.78, 5) is 29.1. The minimum Gasteiger partial charge on any atom is -0.354 e. The van der Waals surface area contributed by atoms with Crippen molar-refractivity contribution < 1.29 is 18.0 Å². The van der Waals surface area contributed by atoms with Crippen molar-refractivity contribution in [2.24, 2.45) is 0 Å². The highest BCUT2D eigenvalue weighted by Gasteiger charge is 2.31. The third kappa shape index (κ3) is 8.40. The fourth-order valence-electron chi connectivity index (χ4n) is 4.42. The molecule has 1 aliphatic rings. The van der Waals surface area contributed by atoms with Crippen molar-refractivity contribution in [3.8, 4) is 0 Å². The Kier molecular flexibility index (Phi) is 10.4. The number of hydrogen-bond acceptors (Lipinski definition) is 4. The molecule has 0 aliphatic heterocycles. The van der Waals surface area contributed by atoms with Crippen LogP contribution in [0.15, 0.2) is 83.8 Å². The fourth-order valence-corrected chi connectivity index (χ4v) is 5.85. The smallest absolute Gasteiger partial charge is 0.247 e. The molecule has 212 valence electrons. The Morgan fingerprint density at radius 2 is 1.60 bits per heavy atom. The van der Waals surface area contributed by atoms with E-state index in [0.29, 0.717) is 18.0 Å². The predicted molar refractivity (Wildman–Crippen MR) is 157 cm³/mol. The lowest BCUT2D eigenvalue weighted by atomic mass is 10.0. The SMILES string of the molecule is CCCCNC(=O)[C@H](c1ccccc1)N(Cc1ccc(Cl)cc1)C(=O)CCc1ccc(S(=O)(=O)NC2CC2)cc1. The van der Waals surface area contributed by atoms with Crippen LogP contribution in [0.3, 0.4) is 0 Å². The van der Waals surface area contributed by atoms with Gasteiger partial charge in [0, 0.05) is 30.6 Å². The fraction of sp³-hybridized carbons (Fsp3) is 0.355. The molecule has 1 fully saturated rings. The number of carbonyl (C=O) groups is 2. The minimum atomic E-state index is -3.54. The molecule has 1 atom stereocenters. The van der Waals surface area contributed by atoms with Crippen molar-refractivity contribution in [2.45, 2.75) is 69.0 Å². The molecule has 3 aromatic carbocycles. The van der Waals surface area contributed by atoms with Gasteiger partial charge in [-0.25, -0.2) is 13.1 Å². The van der Waals surface area contributed by atoms with Crippen molar-refractivity contribution >= 4 is 33.4 Å². The maximum absolute atomic E-state index is 13.8. The first kappa shape index (κ1) is 29.8. The summed E-state index contributed by atoms with van der Waals surface area (Å²) < 4.78 is 27.7. The van der Waals surface area contributed by atoms with Gasteiger partial charge >= 0.3 is 0 Å². The van der Waals surface area contributed by atoms with Crippen LogP contribution < -0.4 is 10.0 Å². The first-order valence-corrected chi connectivity index (χ1v) is 15.6. The van der Waals surface area contributed by atoms with E-state index in [4.69, 9.17) is 11.6 Å². The van der Waals surface area contributed by atoms with E-state index in [1.165, 1.54) is 0 Å². The molecule has 2 N–H and O–H groups in total. The Hall–Kier alpha value is -3.20. The third-order valence-corrected chi connectivity index (χ3v) is 8.64. The van der Waals surface area contributed by atoms with Gasteiger partial charge in [-0.2, -0.15) is 0 Å². The summed E-state index contributed by atoms with van der Waals surface area (Å²) >= 11 is 6.09. The number of aryl methyl sites for hydroxylation is 1. The monoisotopic (exact) mass is 581 g/mol. The molecular formula is C31H36ClN3O4S. The molecule has 7 nitrogen and oxygen atoms in total. The number of benzene rings is 3. The molecule has 1 aliphatic carbocycles. The van der Waals surface area contributed by atoms with Crippen molar-refractivity contribution in [3.05, 3.63) is 101 Å². The quantitative estimate of drug-likeness (QED) is 0.249. The van der Waals surface area contributed by atoms with Gasteiger partial charge in [0.05, 0.1) is 4.90 Å². The van der Waals surface area contributed by atoms with Gasteiger partial charge in [0.15, 0.2) is 0 Å². The highest BCUT2D eigenvalue weighted by molar-refractivity contribution is 7.89. The van der Waals surface area contributed by atoms with Gasteiger partial charge in [-0.05, 0) is 66.6 Å². The average Bonchev–Trinajstić information content (AvgIpc) is 3.77. The molecular weight excluding hydrogens is 546 g/mol. The summed E-state index contributed by atoms with van der Waals surface area (Å²) in [5.74, 6) is -0.402. The van der Waals surface area contributed by atoms with E-state index in [-0.39, 0.29) is 35.7 Å². The Morgan fingerprint density at radius 1 is 0.950 bits per heavy atom.